The first-order valence-corrected chi connectivity index (χ1v) is 6.52. The Hall–Kier alpha value is -1.19. The Morgan fingerprint density at radius 1 is 1.24 bits per heavy atom. The monoisotopic (exact) mass is 247 g/mol. The van der Waals surface area contributed by atoms with E-state index in [2.05, 4.69) is 37.0 Å². The van der Waals surface area contributed by atoms with E-state index in [-0.39, 0.29) is 0 Å². The zero-order chi connectivity index (χ0) is 12.6. The van der Waals surface area contributed by atoms with Crippen molar-refractivity contribution in [2.24, 2.45) is 0 Å². The van der Waals surface area contributed by atoms with E-state index in [1.165, 1.54) is 22.5 Å². The largest absolute Gasteiger partial charge is 0.383 e. The van der Waals surface area contributed by atoms with Crippen molar-refractivity contribution >= 4 is 11.3 Å². The molecule has 2 nitrogen and oxygen atoms in total. The Bertz CT molecular complexity index is 537. The number of hydrogen-bond donors (Lipinski definition) is 1. The minimum Gasteiger partial charge on any atom is -0.383 e. The van der Waals surface area contributed by atoms with Crippen molar-refractivity contribution in [1.29, 1.82) is 0 Å². The lowest BCUT2D eigenvalue weighted by atomic mass is 10.0. The van der Waals surface area contributed by atoms with Crippen LogP contribution in [0.2, 0.25) is 0 Å². The topological polar surface area (TPSA) is 33.1 Å². The summed E-state index contributed by atoms with van der Waals surface area (Å²) in [6, 6.07) is 6.33. The van der Waals surface area contributed by atoms with E-state index in [0.717, 1.165) is 16.3 Å². The average Bonchev–Trinajstić information content (AvgIpc) is 2.65. The number of rotatable bonds is 2. The molecule has 1 N–H and O–H groups in total. The second-order valence-electron chi connectivity index (χ2n) is 4.92. The van der Waals surface area contributed by atoms with Crippen molar-refractivity contribution in [2.75, 3.05) is 0 Å². The molecule has 0 saturated carbocycles. The van der Waals surface area contributed by atoms with Gasteiger partial charge in [-0.15, -0.1) is 11.3 Å². The quantitative estimate of drug-likeness (QED) is 0.878. The van der Waals surface area contributed by atoms with Gasteiger partial charge in [-0.2, -0.15) is 0 Å². The average molecular weight is 247 g/mol. The van der Waals surface area contributed by atoms with Gasteiger partial charge in [0, 0.05) is 10.9 Å². The van der Waals surface area contributed by atoms with Crippen molar-refractivity contribution in [1.82, 2.24) is 4.98 Å². The molecule has 90 valence electrons. The summed E-state index contributed by atoms with van der Waals surface area (Å²) in [5, 5.41) is 12.7. The number of aliphatic hydroxyl groups is 1. The predicted octanol–water partition coefficient (Wildman–Crippen LogP) is 3.65. The lowest BCUT2D eigenvalue weighted by molar-refractivity contribution is 0.0783. The van der Waals surface area contributed by atoms with Gasteiger partial charge in [0.25, 0.3) is 0 Å². The maximum atomic E-state index is 9.91. The van der Waals surface area contributed by atoms with E-state index in [1.54, 1.807) is 13.8 Å². The summed E-state index contributed by atoms with van der Waals surface area (Å²) >= 11 is 1.50. The molecule has 3 heteroatoms. The van der Waals surface area contributed by atoms with Gasteiger partial charge in [-0.25, -0.2) is 4.98 Å². The van der Waals surface area contributed by atoms with Crippen molar-refractivity contribution < 1.29 is 5.11 Å². The Morgan fingerprint density at radius 3 is 2.47 bits per heavy atom. The van der Waals surface area contributed by atoms with Crippen LogP contribution in [0.1, 0.15) is 30.0 Å². The van der Waals surface area contributed by atoms with E-state index in [9.17, 15) is 5.11 Å². The highest BCUT2D eigenvalue weighted by molar-refractivity contribution is 7.10. The van der Waals surface area contributed by atoms with Crippen LogP contribution in [0.4, 0.5) is 0 Å². The van der Waals surface area contributed by atoms with E-state index in [0.29, 0.717) is 0 Å². The molecule has 0 aliphatic carbocycles. The van der Waals surface area contributed by atoms with Crippen LogP contribution in [0, 0.1) is 13.8 Å². The smallest absolute Gasteiger partial charge is 0.124 e. The number of benzene rings is 1. The first-order chi connectivity index (χ1) is 7.88. The highest BCUT2D eigenvalue weighted by atomic mass is 32.1. The summed E-state index contributed by atoms with van der Waals surface area (Å²) in [4.78, 5) is 4.51. The van der Waals surface area contributed by atoms with E-state index in [1.807, 2.05) is 5.38 Å². The number of aromatic nitrogens is 1. The molecule has 0 aliphatic heterocycles. The highest BCUT2D eigenvalue weighted by Crippen LogP contribution is 2.30. The summed E-state index contributed by atoms with van der Waals surface area (Å²) in [6.45, 7) is 7.70. The zero-order valence-corrected chi connectivity index (χ0v) is 11.4. The number of nitrogens with zero attached hydrogens (tertiary/aromatic N) is 1. The number of aryl methyl sites for hydroxylation is 2. The molecule has 0 amide bonds. The third kappa shape index (κ3) is 2.56. The molecule has 0 unspecified atom stereocenters. The van der Waals surface area contributed by atoms with Gasteiger partial charge < -0.3 is 5.11 Å². The normalized spacial score (nSPS) is 11.8. The second-order valence-corrected chi connectivity index (χ2v) is 5.77. The van der Waals surface area contributed by atoms with Crippen LogP contribution in [-0.2, 0) is 5.60 Å². The van der Waals surface area contributed by atoms with Gasteiger partial charge in [-0.3, -0.25) is 0 Å². The Labute approximate surface area is 106 Å². The van der Waals surface area contributed by atoms with Crippen molar-refractivity contribution in [3.63, 3.8) is 0 Å². The molecule has 0 spiro atoms. The van der Waals surface area contributed by atoms with Gasteiger partial charge in [0.15, 0.2) is 0 Å². The van der Waals surface area contributed by atoms with Crippen LogP contribution >= 0.6 is 11.3 Å². The lowest BCUT2D eigenvalue weighted by Crippen LogP contribution is -2.14. The zero-order valence-electron chi connectivity index (χ0n) is 10.6. The van der Waals surface area contributed by atoms with E-state index >= 15 is 0 Å². The first-order valence-electron chi connectivity index (χ1n) is 5.64. The molecule has 1 aromatic carbocycles. The molecule has 17 heavy (non-hydrogen) atoms. The standard InChI is InChI=1S/C14H17NOS/c1-9-5-6-11(10(2)7-9)12-8-17-13(15-12)14(3,4)16/h5-8,16H,1-4H3. The number of thiazole rings is 1. The summed E-state index contributed by atoms with van der Waals surface area (Å²) in [6.07, 6.45) is 0. The van der Waals surface area contributed by atoms with E-state index in [4.69, 9.17) is 0 Å². The van der Waals surface area contributed by atoms with E-state index < -0.39 is 5.60 Å². The number of hydrogen-bond acceptors (Lipinski definition) is 3. The van der Waals surface area contributed by atoms with Crippen molar-refractivity contribution in [3.8, 4) is 11.3 Å². The maximum Gasteiger partial charge on any atom is 0.124 e. The van der Waals surface area contributed by atoms with Crippen LogP contribution in [0.15, 0.2) is 23.6 Å². The third-order valence-electron chi connectivity index (χ3n) is 2.69. The van der Waals surface area contributed by atoms with Gasteiger partial charge in [-0.05, 0) is 33.3 Å². The Balaban J connectivity index is 2.44. The van der Waals surface area contributed by atoms with Gasteiger partial charge in [0.05, 0.1) is 5.69 Å². The minimum absolute atomic E-state index is 0.757. The summed E-state index contributed by atoms with van der Waals surface area (Å²) in [5.41, 5.74) is 3.70. The van der Waals surface area contributed by atoms with Gasteiger partial charge >= 0.3 is 0 Å². The lowest BCUT2D eigenvalue weighted by Gasteiger charge is -2.12. The maximum absolute atomic E-state index is 9.91. The highest BCUT2D eigenvalue weighted by Gasteiger charge is 2.20. The first kappa shape index (κ1) is 12.3. The fourth-order valence-corrected chi connectivity index (χ4v) is 2.62. The second kappa shape index (κ2) is 4.24. The predicted molar refractivity (Wildman–Crippen MR) is 72.3 cm³/mol. The molecular weight excluding hydrogens is 230 g/mol. The molecule has 1 aromatic heterocycles. The van der Waals surface area contributed by atoms with Crippen LogP contribution in [-0.4, -0.2) is 10.1 Å². The molecule has 0 saturated heterocycles. The fourth-order valence-electron chi connectivity index (χ4n) is 1.78. The van der Waals surface area contributed by atoms with Crippen molar-refractivity contribution in [2.45, 2.75) is 33.3 Å². The Morgan fingerprint density at radius 2 is 1.94 bits per heavy atom. The molecule has 0 atom stereocenters. The SMILES string of the molecule is Cc1ccc(-c2csc(C(C)(C)O)n2)c(C)c1. The van der Waals surface area contributed by atoms with Crippen LogP contribution in [0.25, 0.3) is 11.3 Å². The van der Waals surface area contributed by atoms with Crippen LogP contribution < -0.4 is 0 Å². The van der Waals surface area contributed by atoms with Crippen molar-refractivity contribution in [3.05, 3.63) is 39.7 Å². The van der Waals surface area contributed by atoms with Gasteiger partial charge in [0.2, 0.25) is 0 Å². The molecule has 2 aromatic rings. The molecule has 1 heterocycles. The fraction of sp³-hybridized carbons (Fsp3) is 0.357. The minimum atomic E-state index is -0.860. The molecule has 0 fully saturated rings. The molecule has 0 aliphatic rings. The molecule has 0 bridgehead atoms. The van der Waals surface area contributed by atoms with Gasteiger partial charge in [-0.1, -0.05) is 23.8 Å². The molecule has 0 radical (unpaired) electrons. The molecular formula is C14H17NOS. The van der Waals surface area contributed by atoms with Crippen LogP contribution in [0.3, 0.4) is 0 Å². The molecule has 2 rings (SSSR count). The summed E-state index contributed by atoms with van der Waals surface area (Å²) in [7, 11) is 0. The summed E-state index contributed by atoms with van der Waals surface area (Å²) < 4.78 is 0. The van der Waals surface area contributed by atoms with Crippen LogP contribution in [0.5, 0.6) is 0 Å². The Kier molecular flexibility index (Phi) is 3.06. The summed E-state index contributed by atoms with van der Waals surface area (Å²) in [5.74, 6) is 0. The third-order valence-corrected chi connectivity index (χ3v) is 3.84. The van der Waals surface area contributed by atoms with Gasteiger partial charge in [0.1, 0.15) is 10.6 Å².